The minimum atomic E-state index is 0.0956. The minimum Gasteiger partial charge on any atom is -0.198 e. The molecule has 1 aliphatic carbocycles. The van der Waals surface area contributed by atoms with E-state index in [9.17, 15) is 0 Å². The Balaban J connectivity index is 2.41. The summed E-state index contributed by atoms with van der Waals surface area (Å²) in [5, 5.41) is 0. The van der Waals surface area contributed by atoms with Crippen molar-refractivity contribution in [3.8, 4) is 11.3 Å². The number of hydrogen-bond acceptors (Lipinski definition) is 0. The Morgan fingerprint density at radius 1 is 1.05 bits per heavy atom. The zero-order valence-electron chi connectivity index (χ0n) is 13.0. The number of fused-ring (bicyclic) bond motifs is 1. The van der Waals surface area contributed by atoms with E-state index in [4.69, 9.17) is 0 Å². The molecular formula is C19H22N+. The van der Waals surface area contributed by atoms with E-state index >= 15 is 0 Å². The van der Waals surface area contributed by atoms with Crippen molar-refractivity contribution in [2.75, 3.05) is 0 Å². The van der Waals surface area contributed by atoms with Crippen LogP contribution in [0.15, 0.2) is 36.4 Å². The highest BCUT2D eigenvalue weighted by molar-refractivity contribution is 5.75. The molecule has 0 radical (unpaired) electrons. The second kappa shape index (κ2) is 4.31. The van der Waals surface area contributed by atoms with Gasteiger partial charge < -0.3 is 0 Å². The van der Waals surface area contributed by atoms with Crippen molar-refractivity contribution in [3.63, 3.8) is 0 Å². The van der Waals surface area contributed by atoms with E-state index in [1.165, 1.54) is 33.6 Å². The van der Waals surface area contributed by atoms with E-state index in [2.05, 4.69) is 81.8 Å². The first-order chi connectivity index (χ1) is 9.42. The number of pyridine rings is 1. The summed E-state index contributed by atoms with van der Waals surface area (Å²) in [4.78, 5) is 0. The van der Waals surface area contributed by atoms with Gasteiger partial charge in [-0.2, -0.15) is 4.57 Å². The normalized spacial score (nSPS) is 15.4. The van der Waals surface area contributed by atoms with Crippen molar-refractivity contribution < 1.29 is 4.57 Å². The predicted molar refractivity (Wildman–Crippen MR) is 84.6 cm³/mol. The summed E-state index contributed by atoms with van der Waals surface area (Å²) in [6, 6.07) is 11.0. The van der Waals surface area contributed by atoms with Crippen molar-refractivity contribution in [1.29, 1.82) is 0 Å². The van der Waals surface area contributed by atoms with E-state index in [0.29, 0.717) is 0 Å². The van der Waals surface area contributed by atoms with E-state index in [1.54, 1.807) is 0 Å². The number of aryl methyl sites for hydroxylation is 2. The van der Waals surface area contributed by atoms with Gasteiger partial charge in [-0.25, -0.2) is 0 Å². The highest BCUT2D eigenvalue weighted by Gasteiger charge is 2.34. The molecule has 0 aliphatic heterocycles. The molecule has 1 aliphatic rings. The Morgan fingerprint density at radius 2 is 1.75 bits per heavy atom. The van der Waals surface area contributed by atoms with Crippen LogP contribution in [0.1, 0.15) is 36.2 Å². The largest absolute Gasteiger partial charge is 0.217 e. The molecular weight excluding hydrogens is 242 g/mol. The third-order valence-electron chi connectivity index (χ3n) is 4.48. The molecule has 1 aromatic heterocycles. The summed E-state index contributed by atoms with van der Waals surface area (Å²) >= 11 is 0. The molecule has 102 valence electrons. The summed E-state index contributed by atoms with van der Waals surface area (Å²) in [5.41, 5.74) is 8.23. The molecule has 0 fully saturated rings. The molecule has 0 amide bonds. The maximum atomic E-state index is 2.33. The standard InChI is InChI=1S/C19H22N/c1-13-8-6-7-9-16(13)18-17-15(10-11-19(17,3)4)12-14(2)20(18)5/h6-12H,1-5H3/q+1. The number of aromatic nitrogens is 1. The van der Waals surface area contributed by atoms with Gasteiger partial charge in [-0.3, -0.25) is 0 Å². The maximum absolute atomic E-state index is 2.33. The summed E-state index contributed by atoms with van der Waals surface area (Å²) in [6.07, 6.45) is 4.59. The first-order valence-electron chi connectivity index (χ1n) is 7.21. The van der Waals surface area contributed by atoms with Gasteiger partial charge in [0.2, 0.25) is 5.69 Å². The van der Waals surface area contributed by atoms with Crippen LogP contribution in [0.25, 0.3) is 17.3 Å². The molecule has 1 heterocycles. The molecule has 2 aromatic rings. The number of benzene rings is 1. The molecule has 1 nitrogen and oxygen atoms in total. The molecule has 20 heavy (non-hydrogen) atoms. The third-order valence-corrected chi connectivity index (χ3v) is 4.48. The monoisotopic (exact) mass is 264 g/mol. The summed E-state index contributed by atoms with van der Waals surface area (Å²) < 4.78 is 2.33. The Labute approximate surface area is 121 Å². The smallest absolute Gasteiger partial charge is 0.198 e. The molecule has 0 bridgehead atoms. The Bertz CT molecular complexity index is 721. The fourth-order valence-electron chi connectivity index (χ4n) is 3.22. The second-order valence-corrected chi connectivity index (χ2v) is 6.39. The molecule has 0 spiro atoms. The number of nitrogens with zero attached hydrogens (tertiary/aromatic N) is 1. The van der Waals surface area contributed by atoms with Gasteiger partial charge in [0.1, 0.15) is 7.05 Å². The van der Waals surface area contributed by atoms with E-state index in [0.717, 1.165) is 0 Å². The molecule has 3 rings (SSSR count). The topological polar surface area (TPSA) is 3.88 Å². The lowest BCUT2D eigenvalue weighted by molar-refractivity contribution is -0.667. The van der Waals surface area contributed by atoms with Gasteiger partial charge in [0.05, 0.1) is 0 Å². The van der Waals surface area contributed by atoms with Crippen LogP contribution in [-0.2, 0) is 12.5 Å². The number of rotatable bonds is 1. The highest BCUT2D eigenvalue weighted by atomic mass is 14.9. The first kappa shape index (κ1) is 13.1. The van der Waals surface area contributed by atoms with E-state index in [1.807, 2.05) is 0 Å². The lowest BCUT2D eigenvalue weighted by Crippen LogP contribution is -2.38. The maximum Gasteiger partial charge on any atom is 0.217 e. The van der Waals surface area contributed by atoms with Crippen LogP contribution in [0.4, 0.5) is 0 Å². The number of hydrogen-bond donors (Lipinski definition) is 0. The lowest BCUT2D eigenvalue weighted by atomic mass is 9.83. The van der Waals surface area contributed by atoms with Crippen LogP contribution in [0.5, 0.6) is 0 Å². The Morgan fingerprint density at radius 3 is 2.45 bits per heavy atom. The van der Waals surface area contributed by atoms with Gasteiger partial charge >= 0.3 is 0 Å². The van der Waals surface area contributed by atoms with Crippen LogP contribution < -0.4 is 4.57 Å². The van der Waals surface area contributed by atoms with Crippen molar-refractivity contribution in [1.82, 2.24) is 0 Å². The fraction of sp³-hybridized carbons (Fsp3) is 0.316. The average molecular weight is 264 g/mol. The zero-order chi connectivity index (χ0) is 14.5. The van der Waals surface area contributed by atoms with Crippen LogP contribution in [0.2, 0.25) is 0 Å². The molecule has 0 atom stereocenters. The molecule has 1 heteroatoms. The third kappa shape index (κ3) is 1.81. The second-order valence-electron chi connectivity index (χ2n) is 6.39. The molecule has 0 saturated carbocycles. The van der Waals surface area contributed by atoms with Crippen LogP contribution in [0, 0.1) is 13.8 Å². The van der Waals surface area contributed by atoms with E-state index < -0.39 is 0 Å². The lowest BCUT2D eigenvalue weighted by Gasteiger charge is -2.21. The summed E-state index contributed by atoms with van der Waals surface area (Å²) in [7, 11) is 2.17. The fourth-order valence-corrected chi connectivity index (χ4v) is 3.22. The van der Waals surface area contributed by atoms with E-state index in [-0.39, 0.29) is 5.41 Å². The molecule has 0 N–H and O–H groups in total. The number of allylic oxidation sites excluding steroid dienone is 1. The Hall–Kier alpha value is -1.89. The van der Waals surface area contributed by atoms with Crippen molar-refractivity contribution in [2.45, 2.75) is 33.1 Å². The summed E-state index contributed by atoms with van der Waals surface area (Å²) in [5.74, 6) is 0. The van der Waals surface area contributed by atoms with Crippen molar-refractivity contribution in [2.24, 2.45) is 7.05 Å². The minimum absolute atomic E-state index is 0.0956. The van der Waals surface area contributed by atoms with Crippen LogP contribution in [-0.4, -0.2) is 0 Å². The SMILES string of the molecule is Cc1ccccc1-c1c2c(cc(C)[n+]1C)C=CC2(C)C. The highest BCUT2D eigenvalue weighted by Crippen LogP contribution is 2.41. The van der Waals surface area contributed by atoms with Crippen molar-refractivity contribution in [3.05, 3.63) is 58.8 Å². The quantitative estimate of drug-likeness (QED) is 0.683. The zero-order valence-corrected chi connectivity index (χ0v) is 13.0. The predicted octanol–water partition coefficient (Wildman–Crippen LogP) is 4.10. The van der Waals surface area contributed by atoms with Gasteiger partial charge in [0.15, 0.2) is 5.69 Å². The van der Waals surface area contributed by atoms with Crippen LogP contribution in [0.3, 0.4) is 0 Å². The van der Waals surface area contributed by atoms with Crippen molar-refractivity contribution >= 4 is 6.08 Å². The Kier molecular flexibility index (Phi) is 2.82. The van der Waals surface area contributed by atoms with Gasteiger partial charge in [-0.1, -0.05) is 44.2 Å². The molecule has 1 aromatic carbocycles. The van der Waals surface area contributed by atoms with Gasteiger partial charge in [0, 0.05) is 29.5 Å². The van der Waals surface area contributed by atoms with Gasteiger partial charge in [0.25, 0.3) is 0 Å². The first-order valence-corrected chi connectivity index (χ1v) is 7.21. The molecule has 0 saturated heterocycles. The van der Waals surface area contributed by atoms with Gasteiger partial charge in [-0.15, -0.1) is 0 Å². The summed E-state index contributed by atoms with van der Waals surface area (Å²) in [6.45, 7) is 8.97. The molecule has 0 unspecified atom stereocenters. The van der Waals surface area contributed by atoms with Crippen LogP contribution >= 0.6 is 0 Å². The average Bonchev–Trinajstić information content (AvgIpc) is 2.68. The van der Waals surface area contributed by atoms with Gasteiger partial charge in [-0.05, 0) is 24.1 Å².